The topological polar surface area (TPSA) is 104 Å². The van der Waals surface area contributed by atoms with Gasteiger partial charge in [-0.25, -0.2) is 0 Å². The molecule has 0 saturated heterocycles. The van der Waals surface area contributed by atoms with Gasteiger partial charge in [-0.1, -0.05) is 0 Å². The Labute approximate surface area is 181 Å². The first-order chi connectivity index (χ1) is 15.0. The summed E-state index contributed by atoms with van der Waals surface area (Å²) in [4.78, 5) is 25.2. The van der Waals surface area contributed by atoms with Gasteiger partial charge >= 0.3 is 0 Å². The van der Waals surface area contributed by atoms with Crippen LogP contribution in [0.3, 0.4) is 0 Å². The normalized spacial score (nSPS) is 10.1. The van der Waals surface area contributed by atoms with E-state index < -0.39 is 11.8 Å². The van der Waals surface area contributed by atoms with Crippen LogP contribution >= 0.6 is 0 Å². The molecule has 0 saturated carbocycles. The fraction of sp³-hybridized carbons (Fsp3) is 0.364. The minimum Gasteiger partial charge on any atom is -0.497 e. The summed E-state index contributed by atoms with van der Waals surface area (Å²) in [6.07, 6.45) is 0. The second-order valence-corrected chi connectivity index (χ2v) is 6.08. The van der Waals surface area contributed by atoms with Crippen molar-refractivity contribution < 1.29 is 33.3 Å². The van der Waals surface area contributed by atoms with E-state index >= 15 is 0 Å². The largest absolute Gasteiger partial charge is 0.497 e. The van der Waals surface area contributed by atoms with Crippen LogP contribution in [0.4, 0.5) is 0 Å². The SMILES string of the molecule is CCOc1cc(C(=O)NNC(=O)c2ccc(OC)cc2OC)cc(OCC)c1OCC. The third-order valence-electron chi connectivity index (χ3n) is 4.11. The Balaban J connectivity index is 2.22. The zero-order valence-corrected chi connectivity index (χ0v) is 18.4. The summed E-state index contributed by atoms with van der Waals surface area (Å²) in [5, 5.41) is 0. The first-order valence-electron chi connectivity index (χ1n) is 9.88. The molecule has 0 aliphatic rings. The number of carbonyl (C=O) groups excluding carboxylic acids is 2. The highest BCUT2D eigenvalue weighted by Gasteiger charge is 2.19. The van der Waals surface area contributed by atoms with E-state index in [1.807, 2.05) is 20.8 Å². The van der Waals surface area contributed by atoms with Crippen LogP contribution in [-0.2, 0) is 0 Å². The minimum absolute atomic E-state index is 0.234. The molecule has 0 spiro atoms. The van der Waals surface area contributed by atoms with Crippen molar-refractivity contribution in [1.29, 1.82) is 0 Å². The number of ether oxygens (including phenoxy) is 5. The molecule has 0 bridgehead atoms. The van der Waals surface area contributed by atoms with Gasteiger partial charge in [-0.15, -0.1) is 0 Å². The van der Waals surface area contributed by atoms with Crippen molar-refractivity contribution >= 4 is 11.8 Å². The third kappa shape index (κ3) is 5.94. The second kappa shape index (κ2) is 11.5. The lowest BCUT2D eigenvalue weighted by molar-refractivity contribution is 0.0844. The maximum Gasteiger partial charge on any atom is 0.273 e. The number of hydrogen-bond donors (Lipinski definition) is 2. The van der Waals surface area contributed by atoms with Gasteiger partial charge in [0.25, 0.3) is 11.8 Å². The van der Waals surface area contributed by atoms with Gasteiger partial charge in [0, 0.05) is 11.6 Å². The molecular formula is C22H28N2O7. The van der Waals surface area contributed by atoms with Crippen molar-refractivity contribution in [3.05, 3.63) is 41.5 Å². The molecule has 0 fully saturated rings. The number of rotatable bonds is 10. The number of methoxy groups -OCH3 is 2. The molecular weight excluding hydrogens is 404 g/mol. The second-order valence-electron chi connectivity index (χ2n) is 6.08. The fourth-order valence-corrected chi connectivity index (χ4v) is 2.76. The number of carbonyl (C=O) groups is 2. The number of amides is 2. The summed E-state index contributed by atoms with van der Waals surface area (Å²) < 4.78 is 27.2. The third-order valence-corrected chi connectivity index (χ3v) is 4.11. The molecule has 0 heterocycles. The Morgan fingerprint density at radius 3 is 1.84 bits per heavy atom. The monoisotopic (exact) mass is 432 g/mol. The van der Waals surface area contributed by atoms with E-state index in [1.165, 1.54) is 32.4 Å². The molecule has 2 aromatic carbocycles. The van der Waals surface area contributed by atoms with Crippen molar-refractivity contribution in [2.24, 2.45) is 0 Å². The number of hydrogen-bond acceptors (Lipinski definition) is 7. The Kier molecular flexibility index (Phi) is 8.80. The number of benzene rings is 2. The van der Waals surface area contributed by atoms with Crippen LogP contribution in [-0.4, -0.2) is 45.9 Å². The van der Waals surface area contributed by atoms with Crippen molar-refractivity contribution in [1.82, 2.24) is 10.9 Å². The Morgan fingerprint density at radius 1 is 0.742 bits per heavy atom. The molecule has 2 N–H and O–H groups in total. The predicted molar refractivity (Wildman–Crippen MR) is 114 cm³/mol. The summed E-state index contributed by atoms with van der Waals surface area (Å²) in [6, 6.07) is 7.80. The first kappa shape index (κ1) is 23.7. The van der Waals surface area contributed by atoms with Gasteiger partial charge in [0.15, 0.2) is 11.5 Å². The molecule has 0 atom stereocenters. The standard InChI is InChI=1S/C22H28N2O7/c1-6-29-18-11-14(12-19(30-7-2)20(18)31-8-3)21(25)23-24-22(26)16-10-9-15(27-4)13-17(16)28-5/h9-13H,6-8H2,1-5H3,(H,23,25)(H,24,26). The Morgan fingerprint density at radius 2 is 1.32 bits per heavy atom. The molecule has 0 unspecified atom stereocenters. The van der Waals surface area contributed by atoms with Crippen LogP contribution in [0.1, 0.15) is 41.5 Å². The molecule has 2 aromatic rings. The van der Waals surface area contributed by atoms with E-state index in [2.05, 4.69) is 10.9 Å². The number of hydrazine groups is 1. The Hall–Kier alpha value is -3.62. The Bertz CT molecular complexity index is 888. The summed E-state index contributed by atoms with van der Waals surface area (Å²) in [5.74, 6) is 0.935. The van der Waals surface area contributed by atoms with E-state index in [4.69, 9.17) is 23.7 Å². The average Bonchev–Trinajstić information content (AvgIpc) is 2.78. The smallest absolute Gasteiger partial charge is 0.273 e. The molecule has 0 aliphatic carbocycles. The molecule has 0 aliphatic heterocycles. The van der Waals surface area contributed by atoms with Gasteiger partial charge < -0.3 is 23.7 Å². The highest BCUT2D eigenvalue weighted by Crippen LogP contribution is 2.39. The average molecular weight is 432 g/mol. The van der Waals surface area contributed by atoms with E-state index in [0.29, 0.717) is 48.6 Å². The molecule has 168 valence electrons. The highest BCUT2D eigenvalue weighted by atomic mass is 16.5. The predicted octanol–water partition coefficient (Wildman–Crippen LogP) is 2.97. The zero-order valence-electron chi connectivity index (χ0n) is 18.4. The summed E-state index contributed by atoms with van der Waals surface area (Å²) in [6.45, 7) is 6.66. The van der Waals surface area contributed by atoms with Crippen molar-refractivity contribution in [2.45, 2.75) is 20.8 Å². The van der Waals surface area contributed by atoms with Gasteiger partial charge in [-0.3, -0.25) is 20.4 Å². The zero-order chi connectivity index (χ0) is 22.8. The van der Waals surface area contributed by atoms with Crippen LogP contribution in [0.15, 0.2) is 30.3 Å². The molecule has 0 radical (unpaired) electrons. The molecule has 2 amide bonds. The van der Waals surface area contributed by atoms with Crippen LogP contribution in [0, 0.1) is 0 Å². The quantitative estimate of drug-likeness (QED) is 0.556. The lowest BCUT2D eigenvalue weighted by Crippen LogP contribution is -2.41. The van der Waals surface area contributed by atoms with Crippen LogP contribution in [0.2, 0.25) is 0 Å². The number of nitrogens with one attached hydrogen (secondary N) is 2. The summed E-state index contributed by atoms with van der Waals surface area (Å²) in [5.41, 5.74) is 5.24. The van der Waals surface area contributed by atoms with Gasteiger partial charge in [0.1, 0.15) is 11.5 Å². The lowest BCUT2D eigenvalue weighted by Gasteiger charge is -2.17. The van der Waals surface area contributed by atoms with Crippen LogP contribution in [0.5, 0.6) is 28.7 Å². The first-order valence-corrected chi connectivity index (χ1v) is 9.88. The van der Waals surface area contributed by atoms with E-state index in [0.717, 1.165) is 0 Å². The van der Waals surface area contributed by atoms with E-state index in [-0.39, 0.29) is 11.1 Å². The van der Waals surface area contributed by atoms with E-state index in [1.54, 1.807) is 12.1 Å². The minimum atomic E-state index is -0.550. The molecule has 0 aromatic heterocycles. The van der Waals surface area contributed by atoms with Crippen molar-refractivity contribution in [2.75, 3.05) is 34.0 Å². The van der Waals surface area contributed by atoms with Gasteiger partial charge in [-0.2, -0.15) is 0 Å². The van der Waals surface area contributed by atoms with Crippen molar-refractivity contribution in [3.63, 3.8) is 0 Å². The summed E-state index contributed by atoms with van der Waals surface area (Å²) in [7, 11) is 2.95. The van der Waals surface area contributed by atoms with Gasteiger partial charge in [0.2, 0.25) is 5.75 Å². The van der Waals surface area contributed by atoms with E-state index in [9.17, 15) is 9.59 Å². The highest BCUT2D eigenvalue weighted by molar-refractivity contribution is 6.01. The fourth-order valence-electron chi connectivity index (χ4n) is 2.76. The van der Waals surface area contributed by atoms with Crippen LogP contribution < -0.4 is 34.5 Å². The van der Waals surface area contributed by atoms with Crippen molar-refractivity contribution in [3.8, 4) is 28.7 Å². The lowest BCUT2D eigenvalue weighted by atomic mass is 10.1. The van der Waals surface area contributed by atoms with Gasteiger partial charge in [0.05, 0.1) is 39.6 Å². The molecule has 2 rings (SSSR count). The van der Waals surface area contributed by atoms with Gasteiger partial charge in [-0.05, 0) is 45.0 Å². The maximum absolute atomic E-state index is 12.7. The molecule has 9 nitrogen and oxygen atoms in total. The van der Waals surface area contributed by atoms with Crippen LogP contribution in [0.25, 0.3) is 0 Å². The molecule has 31 heavy (non-hydrogen) atoms. The maximum atomic E-state index is 12.7. The summed E-state index contributed by atoms with van der Waals surface area (Å²) >= 11 is 0. The molecule has 9 heteroatoms.